The molecule has 2 heterocycles. The zero-order chi connectivity index (χ0) is 14.0. The maximum Gasteiger partial charge on any atom is 0.335 e. The van der Waals surface area contributed by atoms with Gasteiger partial charge in [0, 0.05) is 17.8 Å². The molecule has 1 saturated heterocycles. The van der Waals surface area contributed by atoms with Crippen LogP contribution in [0.2, 0.25) is 0 Å². The number of thioether (sulfide) groups is 2. The second kappa shape index (κ2) is 5.98. The predicted molar refractivity (Wildman–Crippen MR) is 84.7 cm³/mol. The molecular weight excluding hydrogens is 290 g/mol. The molecule has 1 N–H and O–H groups in total. The molecule has 0 amide bonds. The molecule has 1 spiro atoms. The molecule has 3 rings (SSSR count). The van der Waals surface area contributed by atoms with Gasteiger partial charge in [-0.25, -0.2) is 4.79 Å². The standard InChI is InChI=1S/C15H19NO2S2/c17-14(18)11-5-7-16-13(10-11)12-4-1-2-6-15(12)19-8-3-9-20-15/h5,7,10,12H,1-4,6,8-9H2,(H,17,18). The van der Waals surface area contributed by atoms with E-state index < -0.39 is 5.97 Å². The van der Waals surface area contributed by atoms with Crippen molar-refractivity contribution in [2.45, 2.75) is 42.1 Å². The van der Waals surface area contributed by atoms with E-state index in [-0.39, 0.29) is 4.08 Å². The van der Waals surface area contributed by atoms with Gasteiger partial charge in [0.25, 0.3) is 0 Å². The van der Waals surface area contributed by atoms with E-state index in [2.05, 4.69) is 28.5 Å². The summed E-state index contributed by atoms with van der Waals surface area (Å²) in [5.74, 6) is 1.98. The van der Waals surface area contributed by atoms with Gasteiger partial charge in [0.15, 0.2) is 0 Å². The Kier molecular flexibility index (Phi) is 4.26. The Labute approximate surface area is 127 Å². The lowest BCUT2D eigenvalue weighted by Gasteiger charge is -2.45. The van der Waals surface area contributed by atoms with Gasteiger partial charge in [-0.2, -0.15) is 0 Å². The fraction of sp³-hybridized carbons (Fsp3) is 0.600. The molecule has 1 aromatic heterocycles. The zero-order valence-electron chi connectivity index (χ0n) is 11.4. The van der Waals surface area contributed by atoms with Gasteiger partial charge in [0.2, 0.25) is 0 Å². The molecule has 2 aliphatic rings. The topological polar surface area (TPSA) is 50.2 Å². The average molecular weight is 309 g/mol. The lowest BCUT2D eigenvalue weighted by Crippen LogP contribution is -2.36. The Hall–Kier alpha value is -0.680. The van der Waals surface area contributed by atoms with Crippen molar-refractivity contribution in [2.75, 3.05) is 11.5 Å². The molecule has 1 aliphatic heterocycles. The third-order valence-corrected chi connectivity index (χ3v) is 7.81. The van der Waals surface area contributed by atoms with Crippen molar-refractivity contribution >= 4 is 29.5 Å². The molecule has 1 aliphatic carbocycles. The highest BCUT2D eigenvalue weighted by molar-refractivity contribution is 8.18. The molecule has 1 atom stereocenters. The number of pyridine rings is 1. The summed E-state index contributed by atoms with van der Waals surface area (Å²) in [6, 6.07) is 3.37. The number of hydrogen-bond acceptors (Lipinski definition) is 4. The molecule has 1 unspecified atom stereocenters. The maximum atomic E-state index is 11.2. The van der Waals surface area contributed by atoms with E-state index in [0.29, 0.717) is 11.5 Å². The number of carboxylic acids is 1. The van der Waals surface area contributed by atoms with Gasteiger partial charge in [-0.1, -0.05) is 12.8 Å². The highest BCUT2D eigenvalue weighted by atomic mass is 32.2. The van der Waals surface area contributed by atoms with E-state index in [9.17, 15) is 9.90 Å². The first-order chi connectivity index (χ1) is 9.71. The predicted octanol–water partition coefficient (Wildman–Crippen LogP) is 4.00. The highest BCUT2D eigenvalue weighted by Gasteiger charge is 2.44. The van der Waals surface area contributed by atoms with Crippen LogP contribution in [-0.4, -0.2) is 31.6 Å². The Morgan fingerprint density at radius 2 is 2.10 bits per heavy atom. The molecule has 2 fully saturated rings. The van der Waals surface area contributed by atoms with Crippen LogP contribution < -0.4 is 0 Å². The number of nitrogens with zero attached hydrogens (tertiary/aromatic N) is 1. The van der Waals surface area contributed by atoms with E-state index in [1.54, 1.807) is 18.3 Å². The van der Waals surface area contributed by atoms with Crippen LogP contribution in [0.25, 0.3) is 0 Å². The van der Waals surface area contributed by atoms with Crippen LogP contribution in [0, 0.1) is 0 Å². The maximum absolute atomic E-state index is 11.2. The van der Waals surface area contributed by atoms with Gasteiger partial charge in [-0.05, 0) is 42.9 Å². The summed E-state index contributed by atoms with van der Waals surface area (Å²) in [5.41, 5.74) is 1.34. The van der Waals surface area contributed by atoms with Gasteiger partial charge in [0.1, 0.15) is 0 Å². The summed E-state index contributed by atoms with van der Waals surface area (Å²) in [6.45, 7) is 0. The summed E-state index contributed by atoms with van der Waals surface area (Å²) in [7, 11) is 0. The molecule has 108 valence electrons. The second-order valence-electron chi connectivity index (χ2n) is 5.44. The average Bonchev–Trinajstić information content (AvgIpc) is 2.49. The van der Waals surface area contributed by atoms with E-state index in [4.69, 9.17) is 0 Å². The first kappa shape index (κ1) is 14.3. The zero-order valence-corrected chi connectivity index (χ0v) is 13.0. The van der Waals surface area contributed by atoms with Gasteiger partial charge in [-0.3, -0.25) is 4.98 Å². The monoisotopic (exact) mass is 309 g/mol. The molecule has 20 heavy (non-hydrogen) atoms. The fourth-order valence-electron chi connectivity index (χ4n) is 3.20. The minimum Gasteiger partial charge on any atom is -0.478 e. The van der Waals surface area contributed by atoms with Gasteiger partial charge in [0.05, 0.1) is 9.64 Å². The summed E-state index contributed by atoms with van der Waals surface area (Å²) in [5, 5.41) is 9.17. The molecular formula is C15H19NO2S2. The third-order valence-electron chi connectivity index (χ3n) is 4.17. The van der Waals surface area contributed by atoms with Crippen LogP contribution in [0.3, 0.4) is 0 Å². The summed E-state index contributed by atoms with van der Waals surface area (Å²) < 4.78 is 0.237. The van der Waals surface area contributed by atoms with Crippen LogP contribution in [0.15, 0.2) is 18.3 Å². The summed E-state index contributed by atoms with van der Waals surface area (Å²) >= 11 is 4.16. The highest BCUT2D eigenvalue weighted by Crippen LogP contribution is 2.57. The molecule has 1 saturated carbocycles. The Morgan fingerprint density at radius 1 is 1.30 bits per heavy atom. The normalized spacial score (nSPS) is 25.5. The van der Waals surface area contributed by atoms with Crippen molar-refractivity contribution in [1.29, 1.82) is 0 Å². The Morgan fingerprint density at radius 3 is 2.85 bits per heavy atom. The van der Waals surface area contributed by atoms with Gasteiger partial charge >= 0.3 is 5.97 Å². The number of carbonyl (C=O) groups is 1. The molecule has 0 aromatic carbocycles. The van der Waals surface area contributed by atoms with E-state index in [0.717, 1.165) is 12.1 Å². The van der Waals surface area contributed by atoms with Crippen molar-refractivity contribution in [3.63, 3.8) is 0 Å². The smallest absolute Gasteiger partial charge is 0.335 e. The van der Waals surface area contributed by atoms with Crippen LogP contribution in [-0.2, 0) is 0 Å². The van der Waals surface area contributed by atoms with Crippen molar-refractivity contribution in [2.24, 2.45) is 0 Å². The van der Waals surface area contributed by atoms with Crippen LogP contribution in [0.4, 0.5) is 0 Å². The largest absolute Gasteiger partial charge is 0.478 e. The number of hydrogen-bond donors (Lipinski definition) is 1. The molecule has 0 radical (unpaired) electrons. The minimum atomic E-state index is -0.859. The number of carboxylic acid groups (broad SMARTS) is 1. The molecule has 0 bridgehead atoms. The number of aromatic carboxylic acids is 1. The van der Waals surface area contributed by atoms with Crippen molar-refractivity contribution in [3.05, 3.63) is 29.6 Å². The number of rotatable bonds is 2. The third kappa shape index (κ3) is 2.70. The lowest BCUT2D eigenvalue weighted by molar-refractivity contribution is 0.0696. The van der Waals surface area contributed by atoms with Crippen LogP contribution in [0.1, 0.15) is 54.1 Å². The second-order valence-corrected chi connectivity index (χ2v) is 8.54. The minimum absolute atomic E-state index is 0.237. The fourth-order valence-corrected chi connectivity index (χ4v) is 6.94. The van der Waals surface area contributed by atoms with Crippen LogP contribution in [0.5, 0.6) is 0 Å². The van der Waals surface area contributed by atoms with Gasteiger partial charge < -0.3 is 5.11 Å². The van der Waals surface area contributed by atoms with Crippen molar-refractivity contribution in [3.8, 4) is 0 Å². The van der Waals surface area contributed by atoms with Crippen LogP contribution >= 0.6 is 23.5 Å². The summed E-state index contributed by atoms with van der Waals surface area (Å²) in [6.07, 6.45) is 7.81. The molecule has 5 heteroatoms. The Bertz CT molecular complexity index is 492. The first-order valence-electron chi connectivity index (χ1n) is 7.18. The summed E-state index contributed by atoms with van der Waals surface area (Å²) in [4.78, 5) is 15.7. The lowest BCUT2D eigenvalue weighted by atomic mass is 9.85. The molecule has 3 nitrogen and oxygen atoms in total. The van der Waals surface area contributed by atoms with E-state index >= 15 is 0 Å². The van der Waals surface area contributed by atoms with Gasteiger partial charge in [-0.15, -0.1) is 23.5 Å². The number of aromatic nitrogens is 1. The van der Waals surface area contributed by atoms with Crippen molar-refractivity contribution in [1.82, 2.24) is 4.98 Å². The van der Waals surface area contributed by atoms with E-state index in [1.807, 2.05) is 0 Å². The SMILES string of the molecule is O=C(O)c1ccnc(C2CCCCC23SCCCS3)c1. The Balaban J connectivity index is 1.93. The first-order valence-corrected chi connectivity index (χ1v) is 9.15. The van der Waals surface area contributed by atoms with Crippen molar-refractivity contribution < 1.29 is 9.90 Å². The van der Waals surface area contributed by atoms with E-state index in [1.165, 1.54) is 37.2 Å². The quantitative estimate of drug-likeness (QED) is 0.894. The molecule has 1 aromatic rings.